The summed E-state index contributed by atoms with van der Waals surface area (Å²) in [6.45, 7) is 3.13. The van der Waals surface area contributed by atoms with Crippen LogP contribution in [0.4, 0.5) is 5.69 Å². The third kappa shape index (κ3) is 5.61. The van der Waals surface area contributed by atoms with Gasteiger partial charge in [-0.1, -0.05) is 24.3 Å². The molecule has 4 N–H and O–H groups in total. The first-order valence-corrected chi connectivity index (χ1v) is 15.7. The molecule has 1 unspecified atom stereocenters. The van der Waals surface area contributed by atoms with E-state index in [1.54, 1.807) is 30.5 Å². The maximum Gasteiger partial charge on any atom is 0.242 e. The zero-order chi connectivity index (χ0) is 26.1. The molecule has 186 valence electrons. The zero-order valence-electron chi connectivity index (χ0n) is 19.4. The predicted octanol–water partition coefficient (Wildman–Crippen LogP) is 3.93. The van der Waals surface area contributed by atoms with Gasteiger partial charge >= 0.3 is 0 Å². The minimum Gasteiger partial charge on any atom is -0.383 e. The average molecular weight is 552 g/mol. The highest BCUT2D eigenvalue weighted by Crippen LogP contribution is 2.39. The number of amidine groups is 1. The largest absolute Gasteiger partial charge is 0.383 e. The Morgan fingerprint density at radius 1 is 1.11 bits per heavy atom. The van der Waals surface area contributed by atoms with Crippen molar-refractivity contribution in [3.8, 4) is 11.1 Å². The second kappa shape index (κ2) is 10.1. The van der Waals surface area contributed by atoms with Crippen molar-refractivity contribution >= 4 is 60.2 Å². The Labute approximate surface area is 213 Å². The van der Waals surface area contributed by atoms with Crippen molar-refractivity contribution in [1.82, 2.24) is 0 Å². The van der Waals surface area contributed by atoms with Crippen LogP contribution < -0.4 is 11.1 Å². The molecule has 0 aliphatic rings. The van der Waals surface area contributed by atoms with E-state index in [1.165, 1.54) is 36.9 Å². The molecule has 1 atom stereocenters. The number of nitrogens with two attached hydrogens (primary N) is 1. The summed E-state index contributed by atoms with van der Waals surface area (Å²) in [5.74, 6) is -0.883. The van der Waals surface area contributed by atoms with Crippen LogP contribution in [0.3, 0.4) is 0 Å². The number of rotatable bonds is 8. The number of carbonyl (C=O) groups excluding carboxylic acids is 1. The first-order chi connectivity index (χ1) is 16.3. The molecule has 35 heavy (non-hydrogen) atoms. The Bertz CT molecular complexity index is 1530. The topological polar surface area (TPSA) is 147 Å². The number of hydrogen-bond acceptors (Lipinski definition) is 8. The number of carbonyl (C=O) groups is 1. The van der Waals surface area contributed by atoms with Gasteiger partial charge in [0.2, 0.25) is 15.7 Å². The summed E-state index contributed by atoms with van der Waals surface area (Å²) in [6.07, 6.45) is 2.75. The quantitative estimate of drug-likeness (QED) is 0.218. The van der Waals surface area contributed by atoms with E-state index in [1.807, 2.05) is 13.0 Å². The van der Waals surface area contributed by atoms with Crippen LogP contribution in [-0.4, -0.2) is 46.3 Å². The number of aryl methyl sites for hydroxylation is 1. The summed E-state index contributed by atoms with van der Waals surface area (Å²) in [5.41, 5.74) is 7.84. The summed E-state index contributed by atoms with van der Waals surface area (Å²) >= 11 is 2.41. The fourth-order valence-corrected chi connectivity index (χ4v) is 7.70. The van der Waals surface area contributed by atoms with Crippen LogP contribution in [0.1, 0.15) is 17.4 Å². The van der Waals surface area contributed by atoms with Crippen LogP contribution in [-0.2, 0) is 24.5 Å². The maximum absolute atomic E-state index is 13.5. The van der Waals surface area contributed by atoms with E-state index in [9.17, 15) is 21.6 Å². The Kier molecular flexibility index (Phi) is 7.80. The van der Waals surface area contributed by atoms with Crippen molar-refractivity contribution in [2.45, 2.75) is 33.1 Å². The molecule has 1 aromatic heterocycles. The van der Waals surface area contributed by atoms with Crippen LogP contribution in [0.5, 0.6) is 0 Å². The minimum absolute atomic E-state index is 0.0447. The van der Waals surface area contributed by atoms with Gasteiger partial charge in [0.25, 0.3) is 0 Å². The van der Waals surface area contributed by atoms with Crippen molar-refractivity contribution in [3.05, 3.63) is 59.0 Å². The van der Waals surface area contributed by atoms with Gasteiger partial charge in [-0.2, -0.15) is 0 Å². The van der Waals surface area contributed by atoms with E-state index in [4.69, 9.17) is 11.1 Å². The second-order valence-electron chi connectivity index (χ2n) is 7.87. The average Bonchev–Trinajstić information content (AvgIpc) is 3.24. The standard InChI is InChI=1S/C23H25N3O5S4/c1-13-7-5-10-17(26-22(27)14(2)34(4,28)29)20(13)15-8-6-9-16(11-15)35(30,31)19-12-18(21(24)25)33-23(19)32-3/h5-12,14H,1-4H3,(H3,24,25)(H,26,27). The van der Waals surface area contributed by atoms with Gasteiger partial charge in [0.15, 0.2) is 9.84 Å². The van der Waals surface area contributed by atoms with Gasteiger partial charge in [0, 0.05) is 17.5 Å². The number of anilines is 1. The van der Waals surface area contributed by atoms with Crippen molar-refractivity contribution in [1.29, 1.82) is 5.41 Å². The lowest BCUT2D eigenvalue weighted by atomic mass is 9.98. The van der Waals surface area contributed by atoms with Crippen LogP contribution in [0.2, 0.25) is 0 Å². The Morgan fingerprint density at radius 2 is 1.77 bits per heavy atom. The maximum atomic E-state index is 13.5. The molecule has 0 bridgehead atoms. The molecule has 0 radical (unpaired) electrons. The van der Waals surface area contributed by atoms with Gasteiger partial charge in [-0.05, 0) is 55.5 Å². The molecule has 0 saturated carbocycles. The molecule has 1 amide bonds. The molecule has 12 heteroatoms. The molecule has 0 fully saturated rings. The number of amides is 1. The highest BCUT2D eigenvalue weighted by molar-refractivity contribution is 8.01. The monoisotopic (exact) mass is 551 g/mol. The lowest BCUT2D eigenvalue weighted by Crippen LogP contribution is -2.32. The van der Waals surface area contributed by atoms with Gasteiger partial charge in [-0.25, -0.2) is 16.8 Å². The Hall–Kier alpha value is -2.67. The van der Waals surface area contributed by atoms with E-state index in [-0.39, 0.29) is 15.6 Å². The van der Waals surface area contributed by atoms with Gasteiger partial charge < -0.3 is 11.1 Å². The van der Waals surface area contributed by atoms with Crippen LogP contribution in [0.15, 0.2) is 62.5 Å². The highest BCUT2D eigenvalue weighted by Gasteiger charge is 2.27. The number of thioether (sulfide) groups is 1. The molecular weight excluding hydrogens is 527 g/mol. The van der Waals surface area contributed by atoms with Crippen molar-refractivity contribution in [2.75, 3.05) is 17.8 Å². The number of nitrogens with one attached hydrogen (secondary N) is 2. The number of hydrogen-bond donors (Lipinski definition) is 3. The lowest BCUT2D eigenvalue weighted by molar-refractivity contribution is -0.115. The number of sulfone groups is 2. The van der Waals surface area contributed by atoms with E-state index in [2.05, 4.69) is 5.32 Å². The zero-order valence-corrected chi connectivity index (χ0v) is 22.7. The van der Waals surface area contributed by atoms with Gasteiger partial charge in [0.05, 0.1) is 18.9 Å². The van der Waals surface area contributed by atoms with E-state index in [0.717, 1.165) is 23.2 Å². The summed E-state index contributed by atoms with van der Waals surface area (Å²) in [7, 11) is -7.53. The number of benzene rings is 2. The first-order valence-electron chi connectivity index (χ1n) is 10.2. The number of nitrogen functional groups attached to an aromatic ring is 1. The molecule has 0 saturated heterocycles. The van der Waals surface area contributed by atoms with Gasteiger partial charge in [0.1, 0.15) is 11.1 Å². The van der Waals surface area contributed by atoms with E-state index >= 15 is 0 Å². The smallest absolute Gasteiger partial charge is 0.242 e. The van der Waals surface area contributed by atoms with Gasteiger partial charge in [-0.15, -0.1) is 23.1 Å². The molecule has 2 aromatic carbocycles. The highest BCUT2D eigenvalue weighted by atomic mass is 32.2. The van der Waals surface area contributed by atoms with Crippen LogP contribution in [0, 0.1) is 12.3 Å². The van der Waals surface area contributed by atoms with Crippen LogP contribution in [0.25, 0.3) is 11.1 Å². The second-order valence-corrected chi connectivity index (χ2v) is 14.3. The molecule has 3 aromatic rings. The number of thiophene rings is 1. The summed E-state index contributed by atoms with van der Waals surface area (Å²) < 4.78 is 51.2. The molecule has 0 spiro atoms. The molecule has 8 nitrogen and oxygen atoms in total. The molecule has 0 aliphatic heterocycles. The third-order valence-electron chi connectivity index (χ3n) is 5.38. The van der Waals surface area contributed by atoms with E-state index in [0.29, 0.717) is 25.9 Å². The lowest BCUT2D eigenvalue weighted by Gasteiger charge is -2.17. The fourth-order valence-electron chi connectivity index (χ4n) is 3.35. The minimum atomic E-state index is -3.94. The van der Waals surface area contributed by atoms with Crippen LogP contribution >= 0.6 is 23.1 Å². The predicted molar refractivity (Wildman–Crippen MR) is 142 cm³/mol. The van der Waals surface area contributed by atoms with Crippen molar-refractivity contribution in [2.24, 2.45) is 5.73 Å². The van der Waals surface area contributed by atoms with Crippen molar-refractivity contribution < 1.29 is 21.6 Å². The molecule has 0 aliphatic carbocycles. The molecule has 3 rings (SSSR count). The van der Waals surface area contributed by atoms with Crippen molar-refractivity contribution in [3.63, 3.8) is 0 Å². The summed E-state index contributed by atoms with van der Waals surface area (Å²) in [5, 5.41) is 9.08. The summed E-state index contributed by atoms with van der Waals surface area (Å²) in [4.78, 5) is 13.1. The fraction of sp³-hybridized carbons (Fsp3) is 0.217. The first kappa shape index (κ1) is 26.9. The molecule has 1 heterocycles. The summed E-state index contributed by atoms with van der Waals surface area (Å²) in [6, 6.07) is 12.9. The van der Waals surface area contributed by atoms with E-state index < -0.39 is 30.8 Å². The Balaban J connectivity index is 2.10. The Morgan fingerprint density at radius 3 is 2.37 bits per heavy atom. The SMILES string of the molecule is CSc1sc(C(=N)N)cc1S(=O)(=O)c1cccc(-c2c(C)cccc2NC(=O)C(C)S(C)(=O)=O)c1. The molecular formula is C23H25N3O5S4. The normalized spacial score (nSPS) is 12.8. The van der Waals surface area contributed by atoms with Gasteiger partial charge in [-0.3, -0.25) is 10.2 Å². The third-order valence-corrected chi connectivity index (χ3v) is 11.2.